The quantitative estimate of drug-likeness (QED) is 0.467. The van der Waals surface area contributed by atoms with Crippen molar-refractivity contribution in [2.45, 2.75) is 11.8 Å². The van der Waals surface area contributed by atoms with Gasteiger partial charge in [0.2, 0.25) is 5.91 Å². The summed E-state index contributed by atoms with van der Waals surface area (Å²) in [5.74, 6) is 0.247. The van der Waals surface area contributed by atoms with Crippen molar-refractivity contribution < 1.29 is 17.9 Å². The Hall–Kier alpha value is -3.52. The smallest absolute Gasteiger partial charge is 0.264 e. The van der Waals surface area contributed by atoms with Gasteiger partial charge in [-0.25, -0.2) is 8.42 Å². The molecule has 8 heteroatoms. The zero-order valence-electron chi connectivity index (χ0n) is 18.8. The maximum Gasteiger partial charge on any atom is 0.264 e. The zero-order valence-corrected chi connectivity index (χ0v) is 19.7. The molecule has 33 heavy (non-hydrogen) atoms. The highest BCUT2D eigenvalue weighted by molar-refractivity contribution is 7.92. The molecule has 174 valence electrons. The maximum atomic E-state index is 13.4. The molecule has 0 radical (unpaired) electrons. The molecule has 0 aliphatic rings. The summed E-state index contributed by atoms with van der Waals surface area (Å²) in [5.41, 5.74) is 1.42. The molecule has 3 aromatic carbocycles. The Balaban J connectivity index is 1.73. The molecule has 0 heterocycles. The van der Waals surface area contributed by atoms with Crippen molar-refractivity contribution in [2.75, 3.05) is 42.5 Å². The third-order valence-electron chi connectivity index (χ3n) is 5.02. The van der Waals surface area contributed by atoms with E-state index in [4.69, 9.17) is 4.74 Å². The molecule has 3 rings (SSSR count). The molecule has 1 amide bonds. The average molecular weight is 468 g/mol. The molecular weight excluding hydrogens is 438 g/mol. The van der Waals surface area contributed by atoms with Gasteiger partial charge in [0.15, 0.2) is 0 Å². The van der Waals surface area contributed by atoms with Crippen molar-refractivity contribution in [2.24, 2.45) is 0 Å². The van der Waals surface area contributed by atoms with Crippen LogP contribution < -0.4 is 19.3 Å². The molecular formula is C25H29N3O4S. The summed E-state index contributed by atoms with van der Waals surface area (Å²) in [6.07, 6.45) is 0. The number of carbonyl (C=O) groups is 1. The molecule has 0 fully saturated rings. The summed E-state index contributed by atoms with van der Waals surface area (Å²) in [6.45, 7) is 3.02. The van der Waals surface area contributed by atoms with Gasteiger partial charge >= 0.3 is 0 Å². The number of sulfonamides is 1. The van der Waals surface area contributed by atoms with Crippen LogP contribution in [0, 0.1) is 0 Å². The summed E-state index contributed by atoms with van der Waals surface area (Å²) in [7, 11) is -2.00. The third-order valence-corrected chi connectivity index (χ3v) is 6.81. The maximum absolute atomic E-state index is 13.4. The van der Waals surface area contributed by atoms with Gasteiger partial charge in [0.1, 0.15) is 12.3 Å². The fraction of sp³-hybridized carbons (Fsp3) is 0.240. The number of likely N-dealkylation sites (N-methyl/N-ethyl adjacent to an activating group) is 1. The molecule has 0 aliphatic heterocycles. The van der Waals surface area contributed by atoms with Crippen molar-refractivity contribution in [1.82, 2.24) is 5.32 Å². The van der Waals surface area contributed by atoms with E-state index in [1.54, 1.807) is 42.5 Å². The van der Waals surface area contributed by atoms with Gasteiger partial charge < -0.3 is 15.0 Å². The monoisotopic (exact) mass is 467 g/mol. The highest BCUT2D eigenvalue weighted by Crippen LogP contribution is 2.25. The standard InChI is InChI=1S/C25H29N3O4S/c1-3-32-23-16-14-22(15-17-23)28(33(30,31)24-12-8-5-9-13-24)20-25(29)26-18-19-27(2)21-10-6-4-7-11-21/h4-17H,3,18-20H2,1-2H3,(H,26,29). The number of rotatable bonds is 11. The van der Waals surface area contributed by atoms with Crippen molar-refractivity contribution in [1.29, 1.82) is 0 Å². The number of hydrogen-bond acceptors (Lipinski definition) is 5. The van der Waals surface area contributed by atoms with Gasteiger partial charge in [0, 0.05) is 25.8 Å². The Morgan fingerprint density at radius 2 is 1.48 bits per heavy atom. The first-order chi connectivity index (χ1) is 15.9. The second-order valence-corrected chi connectivity index (χ2v) is 9.22. The van der Waals surface area contributed by atoms with E-state index in [1.165, 1.54) is 12.1 Å². The van der Waals surface area contributed by atoms with Gasteiger partial charge in [-0.1, -0.05) is 36.4 Å². The van der Waals surface area contributed by atoms with Gasteiger partial charge in [0.05, 0.1) is 17.2 Å². The van der Waals surface area contributed by atoms with Crippen LogP contribution in [0.3, 0.4) is 0 Å². The fourth-order valence-corrected chi connectivity index (χ4v) is 4.71. The second-order valence-electron chi connectivity index (χ2n) is 7.36. The minimum absolute atomic E-state index is 0.121. The lowest BCUT2D eigenvalue weighted by Crippen LogP contribution is -2.42. The number of carbonyl (C=O) groups excluding carboxylic acids is 1. The predicted molar refractivity (Wildman–Crippen MR) is 131 cm³/mol. The molecule has 7 nitrogen and oxygen atoms in total. The lowest BCUT2D eigenvalue weighted by Gasteiger charge is -2.25. The van der Waals surface area contributed by atoms with Crippen LogP contribution in [0.15, 0.2) is 89.8 Å². The van der Waals surface area contributed by atoms with Crippen LogP contribution in [0.2, 0.25) is 0 Å². The van der Waals surface area contributed by atoms with E-state index in [9.17, 15) is 13.2 Å². The number of hydrogen-bond donors (Lipinski definition) is 1. The summed E-state index contributed by atoms with van der Waals surface area (Å²) in [6, 6.07) is 24.6. The van der Waals surface area contributed by atoms with Crippen molar-refractivity contribution in [3.05, 3.63) is 84.9 Å². The van der Waals surface area contributed by atoms with Crippen LogP contribution >= 0.6 is 0 Å². The van der Waals surface area contributed by atoms with E-state index in [-0.39, 0.29) is 17.3 Å². The molecule has 0 saturated heterocycles. The summed E-state index contributed by atoms with van der Waals surface area (Å²) < 4.78 is 33.3. The molecule has 0 atom stereocenters. The predicted octanol–water partition coefficient (Wildman–Crippen LogP) is 3.53. The highest BCUT2D eigenvalue weighted by Gasteiger charge is 2.27. The van der Waals surface area contributed by atoms with Crippen molar-refractivity contribution >= 4 is 27.3 Å². The van der Waals surface area contributed by atoms with E-state index < -0.39 is 10.0 Å². The molecule has 1 N–H and O–H groups in total. The Labute approximate surface area is 195 Å². The van der Waals surface area contributed by atoms with Crippen molar-refractivity contribution in [3.8, 4) is 5.75 Å². The van der Waals surface area contributed by atoms with Crippen LogP contribution in [0.1, 0.15) is 6.92 Å². The Bertz CT molecular complexity index is 1120. The number of para-hydroxylation sites is 1. The molecule has 0 spiro atoms. The number of nitrogens with one attached hydrogen (secondary N) is 1. The first kappa shape index (κ1) is 24.1. The molecule has 0 aliphatic carbocycles. The van der Waals surface area contributed by atoms with Crippen LogP contribution in [0.25, 0.3) is 0 Å². The summed E-state index contributed by atoms with van der Waals surface area (Å²) in [4.78, 5) is 14.9. The Kier molecular flexibility index (Phi) is 8.32. The number of anilines is 2. The van der Waals surface area contributed by atoms with Crippen molar-refractivity contribution in [3.63, 3.8) is 0 Å². The number of amides is 1. The minimum Gasteiger partial charge on any atom is -0.494 e. The topological polar surface area (TPSA) is 79.0 Å². The number of benzene rings is 3. The molecule has 0 saturated carbocycles. The van der Waals surface area contributed by atoms with Crippen LogP contribution in [-0.2, 0) is 14.8 Å². The van der Waals surface area contributed by atoms with Gasteiger partial charge in [-0.15, -0.1) is 0 Å². The molecule has 0 aromatic heterocycles. The first-order valence-electron chi connectivity index (χ1n) is 10.8. The molecule has 0 unspecified atom stereocenters. The van der Waals surface area contributed by atoms with Gasteiger partial charge in [0.25, 0.3) is 10.0 Å². The molecule has 3 aromatic rings. The van der Waals surface area contributed by atoms with E-state index in [0.717, 1.165) is 9.99 Å². The Morgan fingerprint density at radius 3 is 2.09 bits per heavy atom. The van der Waals surface area contributed by atoms with Gasteiger partial charge in [-0.2, -0.15) is 0 Å². The van der Waals surface area contributed by atoms with Crippen LogP contribution in [0.4, 0.5) is 11.4 Å². The Morgan fingerprint density at radius 1 is 0.879 bits per heavy atom. The summed E-state index contributed by atoms with van der Waals surface area (Å²) in [5, 5.41) is 2.83. The highest BCUT2D eigenvalue weighted by atomic mass is 32.2. The van der Waals surface area contributed by atoms with E-state index in [0.29, 0.717) is 31.1 Å². The lowest BCUT2D eigenvalue weighted by atomic mass is 10.3. The van der Waals surface area contributed by atoms with Gasteiger partial charge in [-0.3, -0.25) is 9.10 Å². The van der Waals surface area contributed by atoms with E-state index >= 15 is 0 Å². The SMILES string of the molecule is CCOc1ccc(N(CC(=O)NCCN(C)c2ccccc2)S(=O)(=O)c2ccccc2)cc1. The van der Waals surface area contributed by atoms with Crippen LogP contribution in [0.5, 0.6) is 5.75 Å². The van der Waals surface area contributed by atoms with E-state index in [1.807, 2.05) is 49.2 Å². The normalized spacial score (nSPS) is 11.0. The third kappa shape index (κ3) is 6.49. The largest absolute Gasteiger partial charge is 0.494 e. The first-order valence-corrected chi connectivity index (χ1v) is 12.2. The van der Waals surface area contributed by atoms with Crippen LogP contribution in [-0.4, -0.2) is 47.6 Å². The molecule has 0 bridgehead atoms. The van der Waals surface area contributed by atoms with Gasteiger partial charge in [-0.05, 0) is 55.5 Å². The lowest BCUT2D eigenvalue weighted by molar-refractivity contribution is -0.119. The second kappa shape index (κ2) is 11.4. The number of ether oxygens (including phenoxy) is 1. The summed E-state index contributed by atoms with van der Waals surface area (Å²) >= 11 is 0. The average Bonchev–Trinajstić information content (AvgIpc) is 2.84. The zero-order chi connectivity index (χ0) is 23.7. The van der Waals surface area contributed by atoms with E-state index in [2.05, 4.69) is 5.32 Å². The fourth-order valence-electron chi connectivity index (χ4n) is 3.27. The number of nitrogens with zero attached hydrogens (tertiary/aromatic N) is 2. The minimum atomic E-state index is -3.94.